The summed E-state index contributed by atoms with van der Waals surface area (Å²) in [6.45, 7) is 7.91. The molecule has 1 amide bonds. The first-order valence-corrected chi connectivity index (χ1v) is 8.34. The summed E-state index contributed by atoms with van der Waals surface area (Å²) >= 11 is 3.49. The number of carbonyl (C=O) groups excluding carboxylic acids is 1. The molecule has 1 aromatic heterocycles. The average molecular weight is 342 g/mol. The fraction of sp³-hybridized carbons (Fsp3) is 0.667. The Labute approximate surface area is 129 Å². The van der Waals surface area contributed by atoms with Crippen molar-refractivity contribution in [2.75, 3.05) is 19.6 Å². The third-order valence-electron chi connectivity index (χ3n) is 3.75. The van der Waals surface area contributed by atoms with Crippen molar-refractivity contribution in [2.24, 2.45) is 0 Å². The molecule has 112 valence electrons. The summed E-state index contributed by atoms with van der Waals surface area (Å²) in [5, 5.41) is 3.35. The van der Waals surface area contributed by atoms with Gasteiger partial charge in [-0.15, -0.1) is 0 Å². The second-order valence-corrected chi connectivity index (χ2v) is 6.30. The molecule has 2 rings (SSSR count). The van der Waals surface area contributed by atoms with Gasteiger partial charge in [-0.25, -0.2) is 0 Å². The number of hydrogen-bond donors (Lipinski definition) is 1. The lowest BCUT2D eigenvalue weighted by molar-refractivity contribution is 0.0681. The number of hydrogen-bond acceptors (Lipinski definition) is 2. The van der Waals surface area contributed by atoms with Crippen LogP contribution in [0.4, 0.5) is 0 Å². The van der Waals surface area contributed by atoms with Crippen LogP contribution in [0, 0.1) is 0 Å². The quantitative estimate of drug-likeness (QED) is 0.863. The van der Waals surface area contributed by atoms with Crippen LogP contribution in [0.3, 0.4) is 0 Å². The Bertz CT molecular complexity index is 452. The molecule has 1 atom stereocenters. The van der Waals surface area contributed by atoms with Crippen LogP contribution in [0.2, 0.25) is 0 Å². The second kappa shape index (κ2) is 7.27. The monoisotopic (exact) mass is 341 g/mol. The summed E-state index contributed by atoms with van der Waals surface area (Å²) in [6.07, 6.45) is 5.09. The lowest BCUT2D eigenvalue weighted by Crippen LogP contribution is -2.42. The van der Waals surface area contributed by atoms with E-state index in [-0.39, 0.29) is 5.91 Å². The molecule has 5 heteroatoms. The third-order valence-corrected chi connectivity index (χ3v) is 4.18. The molecule has 0 radical (unpaired) electrons. The molecule has 1 N–H and O–H groups in total. The number of amides is 1. The first-order chi connectivity index (χ1) is 9.67. The molecular weight excluding hydrogens is 318 g/mol. The van der Waals surface area contributed by atoms with E-state index in [1.54, 1.807) is 0 Å². The van der Waals surface area contributed by atoms with Crippen LogP contribution in [0.1, 0.15) is 43.6 Å². The molecular formula is C15H24BrN3O. The molecule has 4 nitrogen and oxygen atoms in total. The van der Waals surface area contributed by atoms with Gasteiger partial charge in [0.2, 0.25) is 0 Å². The molecule has 0 saturated carbocycles. The summed E-state index contributed by atoms with van der Waals surface area (Å²) < 4.78 is 3.05. The van der Waals surface area contributed by atoms with Crippen molar-refractivity contribution in [3.63, 3.8) is 0 Å². The molecule has 1 aliphatic rings. The largest absolute Gasteiger partial charge is 0.342 e. The Hall–Kier alpha value is -0.810. The Morgan fingerprint density at radius 2 is 2.30 bits per heavy atom. The number of halogens is 1. The molecule has 1 saturated heterocycles. The van der Waals surface area contributed by atoms with Gasteiger partial charge in [0.05, 0.1) is 0 Å². The summed E-state index contributed by atoms with van der Waals surface area (Å²) in [5.74, 6) is 0.166. The van der Waals surface area contributed by atoms with E-state index in [0.29, 0.717) is 6.04 Å². The minimum atomic E-state index is 0.166. The van der Waals surface area contributed by atoms with Gasteiger partial charge in [0, 0.05) is 36.3 Å². The predicted octanol–water partition coefficient (Wildman–Crippen LogP) is 2.87. The molecule has 0 aromatic carbocycles. The predicted molar refractivity (Wildman–Crippen MR) is 85.0 cm³/mol. The lowest BCUT2D eigenvalue weighted by atomic mass is 10.2. The molecule has 1 aliphatic heterocycles. The van der Waals surface area contributed by atoms with Gasteiger partial charge >= 0.3 is 0 Å². The van der Waals surface area contributed by atoms with Crippen molar-refractivity contribution in [3.05, 3.63) is 22.4 Å². The number of aryl methyl sites for hydroxylation is 1. The maximum absolute atomic E-state index is 12.9. The van der Waals surface area contributed by atoms with Crippen molar-refractivity contribution in [1.29, 1.82) is 0 Å². The maximum Gasteiger partial charge on any atom is 0.270 e. The zero-order valence-corrected chi connectivity index (χ0v) is 13.9. The molecule has 1 unspecified atom stereocenters. The molecule has 1 aromatic rings. The van der Waals surface area contributed by atoms with Gasteiger partial charge in [-0.1, -0.05) is 13.8 Å². The van der Waals surface area contributed by atoms with Gasteiger partial charge < -0.3 is 14.8 Å². The first kappa shape index (κ1) is 15.6. The van der Waals surface area contributed by atoms with Crippen LogP contribution in [0.5, 0.6) is 0 Å². The normalized spacial score (nSPS) is 18.4. The van der Waals surface area contributed by atoms with Crippen molar-refractivity contribution in [1.82, 2.24) is 14.8 Å². The van der Waals surface area contributed by atoms with Crippen molar-refractivity contribution >= 4 is 21.8 Å². The fourth-order valence-corrected chi connectivity index (χ4v) is 3.29. The topological polar surface area (TPSA) is 37.3 Å². The van der Waals surface area contributed by atoms with E-state index in [1.165, 1.54) is 0 Å². The summed E-state index contributed by atoms with van der Waals surface area (Å²) in [5.41, 5.74) is 0.805. The minimum absolute atomic E-state index is 0.166. The van der Waals surface area contributed by atoms with Crippen LogP contribution in [-0.4, -0.2) is 41.1 Å². The van der Waals surface area contributed by atoms with E-state index < -0.39 is 0 Å². The molecule has 20 heavy (non-hydrogen) atoms. The summed E-state index contributed by atoms with van der Waals surface area (Å²) in [7, 11) is 0. The summed E-state index contributed by atoms with van der Waals surface area (Å²) in [6, 6.07) is 2.29. The van der Waals surface area contributed by atoms with E-state index >= 15 is 0 Å². The van der Waals surface area contributed by atoms with Crippen molar-refractivity contribution in [2.45, 2.75) is 45.7 Å². The van der Waals surface area contributed by atoms with Gasteiger partial charge in [-0.3, -0.25) is 4.79 Å². The van der Waals surface area contributed by atoms with Crippen LogP contribution >= 0.6 is 15.9 Å². The average Bonchev–Trinajstić information content (AvgIpc) is 3.05. The van der Waals surface area contributed by atoms with Gasteiger partial charge in [0.25, 0.3) is 5.91 Å². The molecule has 2 heterocycles. The number of nitrogens with zero attached hydrogens (tertiary/aromatic N) is 2. The summed E-state index contributed by atoms with van der Waals surface area (Å²) in [4.78, 5) is 14.9. The molecule has 0 spiro atoms. The van der Waals surface area contributed by atoms with Gasteiger partial charge in [-0.2, -0.15) is 0 Å². The SMILES string of the molecule is CCCN(C(=O)c1cc(Br)cn1CCC)C1CCNC1. The Balaban J connectivity index is 2.21. The van der Waals surface area contributed by atoms with E-state index in [1.807, 2.05) is 17.2 Å². The van der Waals surface area contributed by atoms with Crippen LogP contribution in [-0.2, 0) is 6.54 Å². The van der Waals surface area contributed by atoms with Gasteiger partial charge in [-0.05, 0) is 47.8 Å². The van der Waals surface area contributed by atoms with E-state index in [9.17, 15) is 4.79 Å². The second-order valence-electron chi connectivity index (χ2n) is 5.38. The molecule has 0 aliphatic carbocycles. The van der Waals surface area contributed by atoms with Crippen molar-refractivity contribution in [3.8, 4) is 0 Å². The maximum atomic E-state index is 12.9. The third kappa shape index (κ3) is 3.44. The highest BCUT2D eigenvalue weighted by Gasteiger charge is 2.28. The van der Waals surface area contributed by atoms with E-state index in [0.717, 1.165) is 55.6 Å². The minimum Gasteiger partial charge on any atom is -0.342 e. The number of aromatic nitrogens is 1. The Morgan fingerprint density at radius 3 is 2.90 bits per heavy atom. The van der Waals surface area contributed by atoms with Crippen LogP contribution in [0.15, 0.2) is 16.7 Å². The highest BCUT2D eigenvalue weighted by molar-refractivity contribution is 9.10. The highest BCUT2D eigenvalue weighted by atomic mass is 79.9. The van der Waals surface area contributed by atoms with Crippen molar-refractivity contribution < 1.29 is 4.79 Å². The zero-order valence-electron chi connectivity index (χ0n) is 12.4. The highest BCUT2D eigenvalue weighted by Crippen LogP contribution is 2.20. The molecule has 0 bridgehead atoms. The standard InChI is InChI=1S/C15H24BrN3O/c1-3-7-18-11-12(16)9-14(18)15(20)19(8-4-2)13-5-6-17-10-13/h9,11,13,17H,3-8,10H2,1-2H3. The smallest absolute Gasteiger partial charge is 0.270 e. The number of rotatable bonds is 6. The van der Waals surface area contributed by atoms with Gasteiger partial charge in [0.15, 0.2) is 0 Å². The Morgan fingerprint density at radius 1 is 1.50 bits per heavy atom. The van der Waals surface area contributed by atoms with E-state index in [4.69, 9.17) is 0 Å². The first-order valence-electron chi connectivity index (χ1n) is 7.54. The molecule has 1 fully saturated rings. The lowest BCUT2D eigenvalue weighted by Gasteiger charge is -2.28. The van der Waals surface area contributed by atoms with Gasteiger partial charge in [0.1, 0.15) is 5.69 Å². The van der Waals surface area contributed by atoms with Crippen LogP contribution < -0.4 is 5.32 Å². The number of nitrogens with one attached hydrogen (secondary N) is 1. The van der Waals surface area contributed by atoms with Crippen LogP contribution in [0.25, 0.3) is 0 Å². The fourth-order valence-electron chi connectivity index (χ4n) is 2.82. The Kier molecular flexibility index (Phi) is 5.66. The van der Waals surface area contributed by atoms with E-state index in [2.05, 4.69) is 39.7 Å². The number of carbonyl (C=O) groups is 1. The zero-order chi connectivity index (χ0) is 14.5.